The second kappa shape index (κ2) is 8.25. The molecule has 2 aromatic carbocycles. The number of nitrogens with zero attached hydrogens (tertiary/aromatic N) is 1. The van der Waals surface area contributed by atoms with Crippen LogP contribution in [0.15, 0.2) is 54.6 Å². The van der Waals surface area contributed by atoms with Gasteiger partial charge in [-0.3, -0.25) is 4.79 Å². The lowest BCUT2D eigenvalue weighted by Gasteiger charge is -2.41. The Kier molecular flexibility index (Phi) is 5.81. The Morgan fingerprint density at radius 1 is 1.04 bits per heavy atom. The van der Waals surface area contributed by atoms with E-state index in [1.807, 2.05) is 54.6 Å². The summed E-state index contributed by atoms with van der Waals surface area (Å²) in [6.45, 7) is 0.786. The number of benzene rings is 2. The molecule has 0 bridgehead atoms. The molecule has 1 aliphatic rings. The van der Waals surface area contributed by atoms with Gasteiger partial charge in [-0.05, 0) is 16.7 Å². The maximum Gasteiger partial charge on any atom is 0.227 e. The van der Waals surface area contributed by atoms with Crippen LogP contribution >= 0.6 is 0 Å². The molecule has 0 unspecified atom stereocenters. The minimum absolute atomic E-state index is 0.00681. The summed E-state index contributed by atoms with van der Waals surface area (Å²) in [7, 11) is 0. The third-order valence-electron chi connectivity index (χ3n) is 4.55. The van der Waals surface area contributed by atoms with E-state index in [1.54, 1.807) is 4.90 Å². The normalized spacial score (nSPS) is 20.5. The summed E-state index contributed by atoms with van der Waals surface area (Å²) >= 11 is 0. The van der Waals surface area contributed by atoms with Crippen LogP contribution in [-0.2, 0) is 22.6 Å². The Balaban J connectivity index is 1.80. The molecule has 0 radical (unpaired) electrons. The van der Waals surface area contributed by atoms with Gasteiger partial charge in [0.2, 0.25) is 5.91 Å². The monoisotopic (exact) mass is 341 g/mol. The first-order valence-electron chi connectivity index (χ1n) is 8.48. The van der Waals surface area contributed by atoms with Gasteiger partial charge in [0.25, 0.3) is 0 Å². The van der Waals surface area contributed by atoms with Crippen LogP contribution in [0.5, 0.6) is 0 Å². The molecule has 0 aliphatic carbocycles. The highest BCUT2D eigenvalue weighted by Crippen LogP contribution is 2.30. The zero-order valence-corrected chi connectivity index (χ0v) is 14.0. The van der Waals surface area contributed by atoms with E-state index >= 15 is 0 Å². The summed E-state index contributed by atoms with van der Waals surface area (Å²) in [6, 6.07) is 16.8. The van der Waals surface area contributed by atoms with Gasteiger partial charge in [0, 0.05) is 6.54 Å². The summed E-state index contributed by atoms with van der Waals surface area (Å²) in [5, 5.41) is 18.8. The Morgan fingerprint density at radius 3 is 2.36 bits per heavy atom. The van der Waals surface area contributed by atoms with E-state index in [4.69, 9.17) is 9.84 Å². The van der Waals surface area contributed by atoms with Crippen LogP contribution in [-0.4, -0.2) is 46.9 Å². The number of aliphatic hydroxyl groups excluding tert-OH is 2. The molecule has 1 fully saturated rings. The van der Waals surface area contributed by atoms with Crippen molar-refractivity contribution in [1.82, 2.24) is 4.90 Å². The minimum Gasteiger partial charge on any atom is -0.394 e. The maximum absolute atomic E-state index is 12.9. The van der Waals surface area contributed by atoms with E-state index in [0.29, 0.717) is 13.2 Å². The highest BCUT2D eigenvalue weighted by Gasteiger charge is 2.35. The van der Waals surface area contributed by atoms with E-state index in [9.17, 15) is 9.90 Å². The SMILES string of the molecule is O=C(Cc1ccc(CO)cc1)N1CCO[C@@H](CO)[C@@H]1c1ccccc1. The van der Waals surface area contributed by atoms with E-state index < -0.39 is 6.10 Å². The third-order valence-corrected chi connectivity index (χ3v) is 4.55. The van der Waals surface area contributed by atoms with Gasteiger partial charge in [-0.2, -0.15) is 0 Å². The molecule has 5 nitrogen and oxygen atoms in total. The number of hydrogen-bond acceptors (Lipinski definition) is 4. The summed E-state index contributed by atoms with van der Waals surface area (Å²) in [6.07, 6.45) is -0.135. The summed E-state index contributed by atoms with van der Waals surface area (Å²) in [5.74, 6) is 0.00681. The molecule has 1 aliphatic heterocycles. The molecule has 132 valence electrons. The Morgan fingerprint density at radius 2 is 1.72 bits per heavy atom. The third kappa shape index (κ3) is 4.07. The fourth-order valence-corrected chi connectivity index (χ4v) is 3.25. The molecule has 2 atom stereocenters. The second-order valence-corrected chi connectivity index (χ2v) is 6.19. The lowest BCUT2D eigenvalue weighted by molar-refractivity contribution is -0.149. The number of morpholine rings is 1. The number of amides is 1. The average Bonchev–Trinajstić information content (AvgIpc) is 2.68. The standard InChI is InChI=1S/C20H23NO4/c22-13-16-8-6-15(7-9-16)12-19(24)21-10-11-25-18(14-23)20(21)17-4-2-1-3-5-17/h1-9,18,20,22-23H,10-14H2/t18-,20-/m0/s1. The van der Waals surface area contributed by atoms with E-state index in [2.05, 4.69) is 0 Å². The van der Waals surface area contributed by atoms with Crippen molar-refractivity contribution in [2.75, 3.05) is 19.8 Å². The largest absolute Gasteiger partial charge is 0.394 e. The smallest absolute Gasteiger partial charge is 0.227 e. The van der Waals surface area contributed by atoms with Crippen molar-refractivity contribution in [2.45, 2.75) is 25.2 Å². The number of carbonyl (C=O) groups is 1. The lowest BCUT2D eigenvalue weighted by Crippen LogP contribution is -2.49. The summed E-state index contributed by atoms with van der Waals surface area (Å²) < 4.78 is 5.68. The zero-order valence-electron chi connectivity index (χ0n) is 14.0. The van der Waals surface area contributed by atoms with Crippen molar-refractivity contribution in [2.24, 2.45) is 0 Å². The molecule has 2 aromatic rings. The molecule has 0 spiro atoms. The van der Waals surface area contributed by atoms with Crippen LogP contribution < -0.4 is 0 Å². The molecule has 1 heterocycles. The van der Waals surface area contributed by atoms with Crippen molar-refractivity contribution >= 4 is 5.91 Å². The number of hydrogen-bond donors (Lipinski definition) is 2. The molecule has 3 rings (SSSR count). The number of aliphatic hydroxyl groups is 2. The van der Waals surface area contributed by atoms with Crippen molar-refractivity contribution in [3.8, 4) is 0 Å². The van der Waals surface area contributed by atoms with Crippen molar-refractivity contribution in [3.05, 3.63) is 71.3 Å². The van der Waals surface area contributed by atoms with Gasteiger partial charge in [0.15, 0.2) is 0 Å². The van der Waals surface area contributed by atoms with Crippen LogP contribution in [0.4, 0.5) is 0 Å². The van der Waals surface area contributed by atoms with E-state index in [-0.39, 0.29) is 31.6 Å². The van der Waals surface area contributed by atoms with Gasteiger partial charge in [-0.1, -0.05) is 54.6 Å². The zero-order chi connectivity index (χ0) is 17.6. The van der Waals surface area contributed by atoms with Crippen molar-refractivity contribution in [1.29, 1.82) is 0 Å². The fraction of sp³-hybridized carbons (Fsp3) is 0.350. The molecule has 5 heteroatoms. The quantitative estimate of drug-likeness (QED) is 0.868. The predicted molar refractivity (Wildman–Crippen MR) is 93.8 cm³/mol. The van der Waals surface area contributed by atoms with Crippen LogP contribution in [0.1, 0.15) is 22.7 Å². The average molecular weight is 341 g/mol. The Hall–Kier alpha value is -2.21. The first-order valence-corrected chi connectivity index (χ1v) is 8.48. The van der Waals surface area contributed by atoms with Crippen LogP contribution in [0, 0.1) is 0 Å². The molecular weight excluding hydrogens is 318 g/mol. The van der Waals surface area contributed by atoms with Crippen LogP contribution in [0.2, 0.25) is 0 Å². The first-order chi connectivity index (χ1) is 12.2. The number of rotatable bonds is 5. The van der Waals surface area contributed by atoms with E-state index in [0.717, 1.165) is 16.7 Å². The lowest BCUT2D eigenvalue weighted by atomic mass is 9.97. The van der Waals surface area contributed by atoms with Crippen LogP contribution in [0.25, 0.3) is 0 Å². The topological polar surface area (TPSA) is 70.0 Å². The Bertz CT molecular complexity index is 687. The van der Waals surface area contributed by atoms with Gasteiger partial charge >= 0.3 is 0 Å². The molecule has 0 aromatic heterocycles. The van der Waals surface area contributed by atoms with Crippen molar-refractivity contribution < 1.29 is 19.7 Å². The van der Waals surface area contributed by atoms with Gasteiger partial charge in [0.1, 0.15) is 6.10 Å². The van der Waals surface area contributed by atoms with Gasteiger partial charge in [-0.15, -0.1) is 0 Å². The molecule has 25 heavy (non-hydrogen) atoms. The predicted octanol–water partition coefficient (Wildman–Crippen LogP) is 1.68. The Labute approximate surface area is 147 Å². The molecule has 1 amide bonds. The first kappa shape index (κ1) is 17.6. The highest BCUT2D eigenvalue weighted by molar-refractivity contribution is 5.79. The second-order valence-electron chi connectivity index (χ2n) is 6.19. The van der Waals surface area contributed by atoms with Crippen LogP contribution in [0.3, 0.4) is 0 Å². The number of ether oxygens (including phenoxy) is 1. The summed E-state index contributed by atoms with van der Waals surface area (Å²) in [4.78, 5) is 14.7. The number of carbonyl (C=O) groups excluding carboxylic acids is 1. The highest BCUT2D eigenvalue weighted by atomic mass is 16.5. The molecule has 2 N–H and O–H groups in total. The van der Waals surface area contributed by atoms with E-state index in [1.165, 1.54) is 0 Å². The maximum atomic E-state index is 12.9. The fourth-order valence-electron chi connectivity index (χ4n) is 3.25. The summed E-state index contributed by atoms with van der Waals surface area (Å²) in [5.41, 5.74) is 2.69. The molecule has 0 saturated carbocycles. The van der Waals surface area contributed by atoms with Crippen molar-refractivity contribution in [3.63, 3.8) is 0 Å². The van der Waals surface area contributed by atoms with Gasteiger partial charge in [-0.25, -0.2) is 0 Å². The molecule has 1 saturated heterocycles. The minimum atomic E-state index is -0.420. The molecular formula is C20H23NO4. The van der Waals surface area contributed by atoms with Gasteiger partial charge in [0.05, 0.1) is 32.3 Å². The van der Waals surface area contributed by atoms with Gasteiger partial charge < -0.3 is 19.8 Å².